The van der Waals surface area contributed by atoms with Crippen molar-refractivity contribution in [2.45, 2.75) is 13.0 Å². The topological polar surface area (TPSA) is 147 Å². The van der Waals surface area contributed by atoms with Crippen LogP contribution in [-0.4, -0.2) is 48.4 Å². The summed E-state index contributed by atoms with van der Waals surface area (Å²) >= 11 is 0. The molecule has 0 bridgehead atoms. The van der Waals surface area contributed by atoms with E-state index in [1.54, 1.807) is 42.2 Å². The van der Waals surface area contributed by atoms with Crippen LogP contribution in [0.4, 0.5) is 16.0 Å². The molecule has 1 atom stereocenters. The van der Waals surface area contributed by atoms with Crippen molar-refractivity contribution < 1.29 is 19.0 Å². The summed E-state index contributed by atoms with van der Waals surface area (Å²) in [6.45, 7) is 1.73. The lowest BCUT2D eigenvalue weighted by atomic mass is 10.0. The first-order valence-corrected chi connectivity index (χ1v) is 11.9. The lowest BCUT2D eigenvalue weighted by molar-refractivity contribution is 0.102. The molecule has 12 heteroatoms. The van der Waals surface area contributed by atoms with E-state index in [1.165, 1.54) is 36.7 Å². The van der Waals surface area contributed by atoms with Crippen LogP contribution >= 0.6 is 0 Å². The van der Waals surface area contributed by atoms with E-state index in [-0.39, 0.29) is 29.6 Å². The largest absolute Gasteiger partial charge is 0.455 e. The summed E-state index contributed by atoms with van der Waals surface area (Å²) in [7, 11) is 1.69. The first-order chi connectivity index (χ1) is 18.8. The molecule has 0 fully saturated rings. The number of ether oxygens (including phenoxy) is 1. The summed E-state index contributed by atoms with van der Waals surface area (Å²) in [5, 5.41) is 22.7. The molecule has 1 amide bonds. The Morgan fingerprint density at radius 3 is 2.67 bits per heavy atom. The average molecular weight is 530 g/mol. The van der Waals surface area contributed by atoms with Crippen molar-refractivity contribution in [3.05, 3.63) is 88.9 Å². The number of amides is 1. The highest BCUT2D eigenvalue weighted by atomic mass is 19.1. The number of H-pyrrole nitrogens is 1. The smallest absolute Gasteiger partial charge is 0.262 e. The molecule has 0 saturated carbocycles. The third-order valence-corrected chi connectivity index (χ3v) is 5.84. The van der Waals surface area contributed by atoms with Crippen molar-refractivity contribution in [1.82, 2.24) is 24.7 Å². The van der Waals surface area contributed by atoms with Crippen LogP contribution in [0.2, 0.25) is 0 Å². The maximum atomic E-state index is 13.3. The third-order valence-electron chi connectivity index (χ3n) is 5.84. The molecule has 0 aliphatic heterocycles. The van der Waals surface area contributed by atoms with Gasteiger partial charge >= 0.3 is 0 Å². The van der Waals surface area contributed by atoms with E-state index in [4.69, 9.17) is 4.74 Å². The summed E-state index contributed by atoms with van der Waals surface area (Å²) in [5.74, 6) is 0.483. The number of carbonyl (C=O) groups is 1. The fraction of sp³-hybridized carbons (Fsp3) is 0.148. The number of nitrogens with zero attached hydrogens (tertiary/aromatic N) is 4. The van der Waals surface area contributed by atoms with Gasteiger partial charge in [-0.05, 0) is 36.8 Å². The standard InChI is InChI=1S/C27H24FN7O4/c1-15(14-36)31-26-23-21(9-10-29-25(23)33-34-26)39-18-7-8-22(30-11-18)32-27(38)20-13-35(2)12-19(24(20)37)16-3-5-17(28)6-4-16/h3-13,15,36H,14H2,1-2H3,(H,30,32,38)(H2,29,31,33,34)/t15-/m1/s1. The van der Waals surface area contributed by atoms with Crippen LogP contribution in [0.15, 0.2) is 72.0 Å². The van der Waals surface area contributed by atoms with Gasteiger partial charge in [0.2, 0.25) is 5.43 Å². The zero-order valence-electron chi connectivity index (χ0n) is 21.0. The van der Waals surface area contributed by atoms with Crippen LogP contribution in [0.25, 0.3) is 22.2 Å². The highest BCUT2D eigenvalue weighted by molar-refractivity contribution is 6.04. The lowest BCUT2D eigenvalue weighted by Gasteiger charge is -2.12. The zero-order valence-corrected chi connectivity index (χ0v) is 21.0. The molecule has 4 N–H and O–H groups in total. The average Bonchev–Trinajstić information content (AvgIpc) is 3.34. The number of benzene rings is 1. The molecule has 0 unspecified atom stereocenters. The van der Waals surface area contributed by atoms with E-state index in [0.29, 0.717) is 33.9 Å². The minimum absolute atomic E-state index is 0.0788. The summed E-state index contributed by atoms with van der Waals surface area (Å²) in [6.07, 6.45) is 6.00. The Morgan fingerprint density at radius 1 is 1.15 bits per heavy atom. The Morgan fingerprint density at radius 2 is 1.95 bits per heavy atom. The van der Waals surface area contributed by atoms with Gasteiger partial charge in [-0.1, -0.05) is 12.1 Å². The number of halogens is 1. The normalized spacial score (nSPS) is 11.8. The number of aromatic nitrogens is 5. The molecule has 11 nitrogen and oxygen atoms in total. The molecular weight excluding hydrogens is 505 g/mol. The van der Waals surface area contributed by atoms with Gasteiger partial charge in [-0.25, -0.2) is 14.4 Å². The molecule has 39 heavy (non-hydrogen) atoms. The second kappa shape index (κ2) is 10.7. The van der Waals surface area contributed by atoms with Gasteiger partial charge in [0.05, 0.1) is 12.8 Å². The number of aromatic amines is 1. The number of aliphatic hydroxyl groups is 1. The Balaban J connectivity index is 1.35. The Labute approximate surface area is 221 Å². The Kier molecular flexibility index (Phi) is 7.02. The SMILES string of the molecule is C[C@H](CO)Nc1n[nH]c2nccc(Oc3ccc(NC(=O)c4cn(C)cc(-c5ccc(F)cc5)c4=O)nc3)c12. The van der Waals surface area contributed by atoms with Gasteiger partial charge in [0.1, 0.15) is 34.1 Å². The fourth-order valence-electron chi connectivity index (χ4n) is 3.92. The summed E-state index contributed by atoms with van der Waals surface area (Å²) < 4.78 is 20.9. The third kappa shape index (κ3) is 5.45. The monoisotopic (exact) mass is 529 g/mol. The van der Waals surface area contributed by atoms with Crippen molar-refractivity contribution in [3.63, 3.8) is 0 Å². The van der Waals surface area contributed by atoms with Crippen LogP contribution in [0.1, 0.15) is 17.3 Å². The number of hydrogen-bond donors (Lipinski definition) is 4. The van der Waals surface area contributed by atoms with Gasteiger partial charge < -0.3 is 25.0 Å². The number of aliphatic hydroxyl groups excluding tert-OH is 1. The number of anilines is 2. The quantitative estimate of drug-likeness (QED) is 0.238. The molecule has 0 saturated heterocycles. The fourth-order valence-corrected chi connectivity index (χ4v) is 3.92. The molecule has 0 radical (unpaired) electrons. The van der Waals surface area contributed by atoms with Gasteiger partial charge in [0, 0.05) is 43.3 Å². The van der Waals surface area contributed by atoms with E-state index < -0.39 is 17.2 Å². The van der Waals surface area contributed by atoms with E-state index in [1.807, 2.05) is 6.92 Å². The van der Waals surface area contributed by atoms with E-state index in [2.05, 4.69) is 30.8 Å². The number of aryl methyl sites for hydroxylation is 1. The predicted octanol–water partition coefficient (Wildman–Crippen LogP) is 3.70. The van der Waals surface area contributed by atoms with Crippen LogP contribution < -0.4 is 20.8 Å². The first-order valence-electron chi connectivity index (χ1n) is 11.9. The van der Waals surface area contributed by atoms with Gasteiger partial charge in [-0.15, -0.1) is 0 Å². The number of carbonyl (C=O) groups excluding carboxylic acids is 1. The minimum atomic E-state index is -0.635. The number of pyridine rings is 3. The molecule has 5 aromatic rings. The van der Waals surface area contributed by atoms with Crippen molar-refractivity contribution in [1.29, 1.82) is 0 Å². The van der Waals surface area contributed by atoms with E-state index in [0.717, 1.165) is 0 Å². The molecule has 4 heterocycles. The first kappa shape index (κ1) is 25.5. The van der Waals surface area contributed by atoms with Crippen LogP contribution in [0.5, 0.6) is 11.5 Å². The summed E-state index contributed by atoms with van der Waals surface area (Å²) in [5.41, 5.74) is 0.698. The van der Waals surface area contributed by atoms with Gasteiger partial charge in [-0.2, -0.15) is 5.10 Å². The van der Waals surface area contributed by atoms with E-state index >= 15 is 0 Å². The van der Waals surface area contributed by atoms with Crippen molar-refractivity contribution in [2.24, 2.45) is 7.05 Å². The molecule has 5 rings (SSSR count). The van der Waals surface area contributed by atoms with Crippen LogP contribution in [0, 0.1) is 5.82 Å². The van der Waals surface area contributed by atoms with Gasteiger partial charge in [0.25, 0.3) is 5.91 Å². The van der Waals surface area contributed by atoms with Gasteiger partial charge in [-0.3, -0.25) is 14.7 Å². The van der Waals surface area contributed by atoms with Crippen LogP contribution in [-0.2, 0) is 7.05 Å². The number of rotatable bonds is 8. The lowest BCUT2D eigenvalue weighted by Crippen LogP contribution is -2.24. The summed E-state index contributed by atoms with van der Waals surface area (Å²) in [6, 6.07) is 10.1. The Bertz CT molecular complexity index is 1700. The molecular formula is C27H24FN7O4. The molecule has 198 valence electrons. The minimum Gasteiger partial charge on any atom is -0.455 e. The number of fused-ring (bicyclic) bond motifs is 1. The molecule has 0 aliphatic carbocycles. The predicted molar refractivity (Wildman–Crippen MR) is 143 cm³/mol. The number of nitrogens with one attached hydrogen (secondary N) is 3. The second-order valence-electron chi connectivity index (χ2n) is 8.86. The summed E-state index contributed by atoms with van der Waals surface area (Å²) in [4.78, 5) is 34.5. The molecule has 0 spiro atoms. The molecule has 1 aromatic carbocycles. The van der Waals surface area contributed by atoms with Crippen LogP contribution in [0.3, 0.4) is 0 Å². The maximum Gasteiger partial charge on any atom is 0.262 e. The van der Waals surface area contributed by atoms with Crippen molar-refractivity contribution in [3.8, 4) is 22.6 Å². The molecule has 0 aliphatic rings. The molecule has 4 aromatic heterocycles. The highest BCUT2D eigenvalue weighted by Gasteiger charge is 2.18. The van der Waals surface area contributed by atoms with Gasteiger partial charge in [0.15, 0.2) is 11.5 Å². The Hall–Kier alpha value is -5.10. The van der Waals surface area contributed by atoms with E-state index in [9.17, 15) is 19.1 Å². The maximum absolute atomic E-state index is 13.3. The number of hydrogen-bond acceptors (Lipinski definition) is 8. The highest BCUT2D eigenvalue weighted by Crippen LogP contribution is 2.33. The van der Waals surface area contributed by atoms with Crippen molar-refractivity contribution >= 4 is 28.6 Å². The van der Waals surface area contributed by atoms with Crippen molar-refractivity contribution in [2.75, 3.05) is 17.2 Å². The zero-order chi connectivity index (χ0) is 27.5. The second-order valence-corrected chi connectivity index (χ2v) is 8.86.